The van der Waals surface area contributed by atoms with E-state index in [1.165, 1.54) is 6.92 Å². The monoisotopic (exact) mass is 277 g/mol. The van der Waals surface area contributed by atoms with Gasteiger partial charge < -0.3 is 15.2 Å². The van der Waals surface area contributed by atoms with Crippen LogP contribution in [0.2, 0.25) is 0 Å². The topological polar surface area (TPSA) is 75.6 Å². The standard InChI is InChI=1S/C15H19NO4/c1-11(8-12(2)14(17)18)9-16-15(19)20-10-13-6-4-3-5-7-13/h3-8,11H,9-10H2,1-2H3,(H,16,19)(H,17,18)/b12-8+. The van der Waals surface area contributed by atoms with Crippen LogP contribution in [0, 0.1) is 5.92 Å². The molecule has 0 bridgehead atoms. The van der Waals surface area contributed by atoms with Crippen molar-refractivity contribution in [3.8, 4) is 0 Å². The summed E-state index contributed by atoms with van der Waals surface area (Å²) in [6.07, 6.45) is 1.09. The number of ether oxygens (including phenoxy) is 1. The summed E-state index contributed by atoms with van der Waals surface area (Å²) in [5, 5.41) is 11.3. The molecule has 0 spiro atoms. The lowest BCUT2D eigenvalue weighted by Gasteiger charge is -2.10. The first-order chi connectivity index (χ1) is 9.49. The first kappa shape index (κ1) is 15.8. The van der Waals surface area contributed by atoms with E-state index in [0.717, 1.165) is 5.56 Å². The van der Waals surface area contributed by atoms with Crippen LogP contribution >= 0.6 is 0 Å². The molecule has 1 aromatic carbocycles. The number of aliphatic carboxylic acids is 1. The molecule has 0 aliphatic rings. The van der Waals surface area contributed by atoms with Gasteiger partial charge in [-0.3, -0.25) is 0 Å². The van der Waals surface area contributed by atoms with Crippen molar-refractivity contribution in [3.63, 3.8) is 0 Å². The van der Waals surface area contributed by atoms with Gasteiger partial charge in [0, 0.05) is 12.1 Å². The fourth-order valence-corrected chi connectivity index (χ4v) is 1.58. The molecule has 0 radical (unpaired) electrons. The van der Waals surface area contributed by atoms with Crippen LogP contribution in [0.1, 0.15) is 19.4 Å². The maximum Gasteiger partial charge on any atom is 0.407 e. The smallest absolute Gasteiger partial charge is 0.407 e. The summed E-state index contributed by atoms with van der Waals surface area (Å²) in [6.45, 7) is 3.89. The Morgan fingerprint density at radius 2 is 2.00 bits per heavy atom. The van der Waals surface area contributed by atoms with Gasteiger partial charge in [-0.05, 0) is 18.4 Å². The summed E-state index contributed by atoms with van der Waals surface area (Å²) in [6, 6.07) is 9.38. The average Bonchev–Trinajstić information content (AvgIpc) is 2.43. The SMILES string of the molecule is C/C(=C\C(C)CNC(=O)OCc1ccccc1)C(=O)O. The summed E-state index contributed by atoms with van der Waals surface area (Å²) >= 11 is 0. The van der Waals surface area contributed by atoms with Crippen molar-refractivity contribution < 1.29 is 19.4 Å². The Morgan fingerprint density at radius 3 is 2.60 bits per heavy atom. The Morgan fingerprint density at radius 1 is 1.35 bits per heavy atom. The van der Waals surface area contributed by atoms with Crippen molar-refractivity contribution in [1.29, 1.82) is 0 Å². The fourth-order valence-electron chi connectivity index (χ4n) is 1.58. The van der Waals surface area contributed by atoms with Gasteiger partial charge >= 0.3 is 12.1 Å². The van der Waals surface area contributed by atoms with Crippen molar-refractivity contribution in [3.05, 3.63) is 47.5 Å². The van der Waals surface area contributed by atoms with Crippen molar-refractivity contribution in [2.45, 2.75) is 20.5 Å². The first-order valence-electron chi connectivity index (χ1n) is 6.35. The van der Waals surface area contributed by atoms with Crippen LogP contribution < -0.4 is 5.32 Å². The number of hydrogen-bond donors (Lipinski definition) is 2. The molecule has 20 heavy (non-hydrogen) atoms. The van der Waals surface area contributed by atoms with Gasteiger partial charge in [0.25, 0.3) is 0 Å². The van der Waals surface area contributed by atoms with Crippen molar-refractivity contribution in [2.75, 3.05) is 6.54 Å². The molecule has 0 aromatic heterocycles. The summed E-state index contributed by atoms with van der Waals surface area (Å²) < 4.78 is 5.04. The Hall–Kier alpha value is -2.30. The second-order valence-electron chi connectivity index (χ2n) is 4.57. The van der Waals surface area contributed by atoms with Gasteiger partial charge in [-0.15, -0.1) is 0 Å². The third kappa shape index (κ3) is 6.04. The minimum atomic E-state index is -0.955. The second kappa shape index (κ2) is 7.99. The Bertz CT molecular complexity index is 482. The van der Waals surface area contributed by atoms with Crippen LogP contribution in [0.15, 0.2) is 42.0 Å². The molecule has 1 atom stereocenters. The number of carbonyl (C=O) groups is 2. The highest BCUT2D eigenvalue weighted by atomic mass is 16.5. The molecular formula is C15H19NO4. The summed E-state index contributed by atoms with van der Waals surface area (Å²) in [4.78, 5) is 22.1. The van der Waals surface area contributed by atoms with E-state index in [1.807, 2.05) is 37.3 Å². The van der Waals surface area contributed by atoms with Gasteiger partial charge in [0.2, 0.25) is 0 Å². The van der Waals surface area contributed by atoms with Crippen molar-refractivity contribution in [1.82, 2.24) is 5.32 Å². The number of benzene rings is 1. The average molecular weight is 277 g/mol. The molecule has 1 amide bonds. The Labute approximate surface area is 118 Å². The Kier molecular flexibility index (Phi) is 6.29. The van der Waals surface area contributed by atoms with Crippen LogP contribution in [0.25, 0.3) is 0 Å². The zero-order valence-electron chi connectivity index (χ0n) is 11.6. The Balaban J connectivity index is 2.30. The number of carboxylic acids is 1. The van der Waals surface area contributed by atoms with E-state index in [4.69, 9.17) is 9.84 Å². The normalized spacial score (nSPS) is 12.6. The molecule has 0 saturated heterocycles. The molecule has 0 aliphatic carbocycles. The largest absolute Gasteiger partial charge is 0.478 e. The number of alkyl carbamates (subject to hydrolysis) is 1. The van der Waals surface area contributed by atoms with Crippen LogP contribution in [0.3, 0.4) is 0 Å². The van der Waals surface area contributed by atoms with Crippen molar-refractivity contribution in [2.24, 2.45) is 5.92 Å². The third-order valence-corrected chi connectivity index (χ3v) is 2.65. The van der Waals surface area contributed by atoms with E-state index in [2.05, 4.69) is 5.32 Å². The van der Waals surface area contributed by atoms with E-state index in [1.54, 1.807) is 6.08 Å². The molecule has 1 rings (SSSR count). The molecule has 0 aliphatic heterocycles. The maximum absolute atomic E-state index is 11.5. The molecule has 2 N–H and O–H groups in total. The molecule has 5 nitrogen and oxygen atoms in total. The summed E-state index contributed by atoms with van der Waals surface area (Å²) in [5.41, 5.74) is 1.18. The molecule has 108 valence electrons. The predicted octanol–water partition coefficient (Wildman–Crippen LogP) is 2.58. The third-order valence-electron chi connectivity index (χ3n) is 2.65. The molecule has 0 fully saturated rings. The molecule has 1 aromatic rings. The van der Waals surface area contributed by atoms with Gasteiger partial charge in [0.15, 0.2) is 0 Å². The lowest BCUT2D eigenvalue weighted by atomic mass is 10.1. The van der Waals surface area contributed by atoms with Gasteiger partial charge in [-0.1, -0.05) is 43.3 Å². The molecule has 1 unspecified atom stereocenters. The van der Waals surface area contributed by atoms with Crippen LogP contribution in [0.5, 0.6) is 0 Å². The van der Waals surface area contributed by atoms with Gasteiger partial charge in [0.1, 0.15) is 6.61 Å². The van der Waals surface area contributed by atoms with Crippen LogP contribution in [-0.4, -0.2) is 23.7 Å². The predicted molar refractivity (Wildman–Crippen MR) is 75.2 cm³/mol. The minimum Gasteiger partial charge on any atom is -0.478 e. The number of nitrogens with one attached hydrogen (secondary N) is 1. The van der Waals surface area contributed by atoms with E-state index >= 15 is 0 Å². The van der Waals surface area contributed by atoms with Gasteiger partial charge in [-0.25, -0.2) is 9.59 Å². The number of amides is 1. The maximum atomic E-state index is 11.5. The highest BCUT2D eigenvalue weighted by Crippen LogP contribution is 2.03. The van der Waals surface area contributed by atoms with Crippen LogP contribution in [0.4, 0.5) is 4.79 Å². The zero-order valence-corrected chi connectivity index (χ0v) is 11.6. The molecule has 0 heterocycles. The minimum absolute atomic E-state index is 0.0737. The lowest BCUT2D eigenvalue weighted by Crippen LogP contribution is -2.28. The number of hydrogen-bond acceptors (Lipinski definition) is 3. The number of rotatable bonds is 6. The highest BCUT2D eigenvalue weighted by Gasteiger charge is 2.07. The van der Waals surface area contributed by atoms with E-state index in [9.17, 15) is 9.59 Å². The number of carbonyl (C=O) groups excluding carboxylic acids is 1. The molecule has 5 heteroatoms. The number of carboxylic acid groups (broad SMARTS) is 1. The second-order valence-corrected chi connectivity index (χ2v) is 4.57. The van der Waals surface area contributed by atoms with E-state index in [-0.39, 0.29) is 18.1 Å². The molecule has 0 saturated carbocycles. The van der Waals surface area contributed by atoms with E-state index in [0.29, 0.717) is 6.54 Å². The van der Waals surface area contributed by atoms with Gasteiger partial charge in [0.05, 0.1) is 0 Å². The van der Waals surface area contributed by atoms with Crippen molar-refractivity contribution >= 4 is 12.1 Å². The summed E-state index contributed by atoms with van der Waals surface area (Å²) in [5.74, 6) is -1.03. The quantitative estimate of drug-likeness (QED) is 0.784. The highest BCUT2D eigenvalue weighted by molar-refractivity contribution is 5.85. The first-order valence-corrected chi connectivity index (χ1v) is 6.35. The molecular weight excluding hydrogens is 258 g/mol. The summed E-state index contributed by atoms with van der Waals surface area (Å²) in [7, 11) is 0. The lowest BCUT2D eigenvalue weighted by molar-refractivity contribution is -0.132. The van der Waals surface area contributed by atoms with Gasteiger partial charge in [-0.2, -0.15) is 0 Å². The fraction of sp³-hybridized carbons (Fsp3) is 0.333. The zero-order chi connectivity index (χ0) is 15.0. The van der Waals surface area contributed by atoms with Crippen LogP contribution in [-0.2, 0) is 16.1 Å². The van der Waals surface area contributed by atoms with E-state index < -0.39 is 12.1 Å².